The average Bonchev–Trinajstić information content (AvgIpc) is 3.23. The molecule has 0 saturated heterocycles. The van der Waals surface area contributed by atoms with Gasteiger partial charge in [0.2, 0.25) is 5.95 Å². The summed E-state index contributed by atoms with van der Waals surface area (Å²) in [5, 5.41) is 7.36. The van der Waals surface area contributed by atoms with Crippen LogP contribution in [0.2, 0.25) is 0 Å². The van der Waals surface area contributed by atoms with Gasteiger partial charge in [0, 0.05) is 18.3 Å². The third kappa shape index (κ3) is 4.07. The van der Waals surface area contributed by atoms with E-state index in [0.29, 0.717) is 23.9 Å². The normalized spacial score (nSPS) is 11.9. The van der Waals surface area contributed by atoms with Gasteiger partial charge in [-0.05, 0) is 55.2 Å². The number of amides is 1. The third-order valence-electron chi connectivity index (χ3n) is 4.62. The number of rotatable bonds is 6. The molecule has 0 radical (unpaired) electrons. The summed E-state index contributed by atoms with van der Waals surface area (Å²) < 4.78 is 4.88. The van der Waals surface area contributed by atoms with Gasteiger partial charge in [-0.25, -0.2) is 4.98 Å². The number of carbonyl (C=O) groups excluding carboxylic acids is 1. The van der Waals surface area contributed by atoms with Gasteiger partial charge in [0.15, 0.2) is 0 Å². The summed E-state index contributed by atoms with van der Waals surface area (Å²) in [6.45, 7) is 4.45. The summed E-state index contributed by atoms with van der Waals surface area (Å²) in [4.78, 5) is 23.6. The Morgan fingerprint density at radius 1 is 1.17 bits per heavy atom. The Bertz CT molecular complexity index is 1130. The van der Waals surface area contributed by atoms with Gasteiger partial charge in [-0.3, -0.25) is 9.69 Å². The molecule has 0 bridgehead atoms. The van der Waals surface area contributed by atoms with Crippen LogP contribution in [0.5, 0.6) is 0 Å². The van der Waals surface area contributed by atoms with Crippen LogP contribution in [-0.4, -0.2) is 32.0 Å². The Kier molecular flexibility index (Phi) is 5.44. The lowest BCUT2D eigenvalue weighted by molar-refractivity contribution is 0.0987. The van der Waals surface area contributed by atoms with Gasteiger partial charge in [0.1, 0.15) is 11.3 Å². The van der Waals surface area contributed by atoms with E-state index in [-0.39, 0.29) is 11.9 Å². The predicted molar refractivity (Wildman–Crippen MR) is 115 cm³/mol. The van der Waals surface area contributed by atoms with Crippen molar-refractivity contribution in [3.8, 4) is 0 Å². The van der Waals surface area contributed by atoms with E-state index in [1.54, 1.807) is 29.3 Å². The van der Waals surface area contributed by atoms with Crippen molar-refractivity contribution in [2.45, 2.75) is 19.9 Å². The van der Waals surface area contributed by atoms with E-state index in [1.165, 1.54) is 11.5 Å². The molecule has 0 saturated carbocycles. The highest BCUT2D eigenvalue weighted by Gasteiger charge is 2.19. The second-order valence-corrected chi connectivity index (χ2v) is 7.31. The first-order valence-corrected chi connectivity index (χ1v) is 10.1. The molecule has 29 heavy (non-hydrogen) atoms. The quantitative estimate of drug-likeness (QED) is 0.515. The monoisotopic (exact) mass is 404 g/mol. The number of anilines is 2. The third-order valence-corrected chi connectivity index (χ3v) is 5.32. The molecule has 0 aliphatic rings. The predicted octanol–water partition coefficient (Wildman–Crippen LogP) is 4.32. The fraction of sp³-hybridized carbons (Fsp3) is 0.190. The van der Waals surface area contributed by atoms with Crippen LogP contribution in [0.25, 0.3) is 10.2 Å². The highest BCUT2D eigenvalue weighted by Crippen LogP contribution is 2.22. The van der Waals surface area contributed by atoms with Crippen LogP contribution in [0.1, 0.15) is 35.8 Å². The number of carbonyl (C=O) groups is 1. The molecular formula is C21H20N6OS. The molecule has 1 N–H and O–H groups in total. The van der Waals surface area contributed by atoms with E-state index in [2.05, 4.69) is 24.9 Å². The highest BCUT2D eigenvalue weighted by molar-refractivity contribution is 7.12. The van der Waals surface area contributed by atoms with Crippen LogP contribution >= 0.6 is 11.5 Å². The number of nitrogens with zero attached hydrogens (tertiary/aromatic N) is 5. The largest absolute Gasteiger partial charge is 0.348 e. The van der Waals surface area contributed by atoms with E-state index < -0.39 is 0 Å². The second kappa shape index (κ2) is 8.32. The first-order valence-electron chi connectivity index (χ1n) is 9.34. The zero-order valence-electron chi connectivity index (χ0n) is 16.1. The van der Waals surface area contributed by atoms with Crippen molar-refractivity contribution in [1.29, 1.82) is 0 Å². The van der Waals surface area contributed by atoms with Gasteiger partial charge in [-0.1, -0.05) is 34.8 Å². The van der Waals surface area contributed by atoms with Gasteiger partial charge in [-0.15, -0.1) is 5.10 Å². The highest BCUT2D eigenvalue weighted by atomic mass is 32.1. The first kappa shape index (κ1) is 18.9. The van der Waals surface area contributed by atoms with E-state index in [4.69, 9.17) is 0 Å². The molecule has 0 aliphatic heterocycles. The zero-order valence-corrected chi connectivity index (χ0v) is 16.9. The van der Waals surface area contributed by atoms with E-state index in [9.17, 15) is 4.79 Å². The van der Waals surface area contributed by atoms with E-state index in [0.717, 1.165) is 15.8 Å². The average molecular weight is 404 g/mol. The summed E-state index contributed by atoms with van der Waals surface area (Å²) in [6.07, 6.45) is 1.66. The molecule has 8 heteroatoms. The Morgan fingerprint density at radius 2 is 2.00 bits per heavy atom. The number of hydrogen-bond donors (Lipinski definition) is 1. The van der Waals surface area contributed by atoms with Gasteiger partial charge in [-0.2, -0.15) is 4.98 Å². The molecule has 2 aromatic carbocycles. The lowest BCUT2D eigenvalue weighted by Gasteiger charge is -2.21. The lowest BCUT2D eigenvalue weighted by atomic mass is 10.1. The second-order valence-electron chi connectivity index (χ2n) is 6.52. The topological polar surface area (TPSA) is 83.9 Å². The molecule has 0 spiro atoms. The summed E-state index contributed by atoms with van der Waals surface area (Å²) >= 11 is 1.31. The molecular weight excluding hydrogens is 384 g/mol. The molecule has 4 rings (SSSR count). The van der Waals surface area contributed by atoms with Crippen molar-refractivity contribution < 1.29 is 4.79 Å². The van der Waals surface area contributed by atoms with E-state index >= 15 is 0 Å². The Morgan fingerprint density at radius 3 is 2.79 bits per heavy atom. The summed E-state index contributed by atoms with van der Waals surface area (Å²) in [5.41, 5.74) is 2.41. The minimum Gasteiger partial charge on any atom is -0.348 e. The first-order chi connectivity index (χ1) is 14.2. The summed E-state index contributed by atoms with van der Waals surface area (Å²) in [6, 6.07) is 17.3. The zero-order chi connectivity index (χ0) is 20.2. The van der Waals surface area contributed by atoms with Crippen molar-refractivity contribution in [2.24, 2.45) is 0 Å². The Labute approximate surface area is 172 Å². The standard InChI is InChI=1S/C21H20N6OS/c1-3-27(20(28)16-9-10-18-17(13-16)25-26-29-18)19-11-12-22-21(24-19)23-14(2)15-7-5-4-6-8-15/h4-14H,3H2,1-2H3,(H,22,23,24)/t14-/m0/s1. The van der Waals surface area contributed by atoms with Crippen LogP contribution in [0.3, 0.4) is 0 Å². The number of fused-ring (bicyclic) bond motifs is 1. The fourth-order valence-electron chi connectivity index (χ4n) is 3.07. The van der Waals surface area contributed by atoms with Crippen molar-refractivity contribution in [2.75, 3.05) is 16.8 Å². The smallest absolute Gasteiger partial charge is 0.259 e. The van der Waals surface area contributed by atoms with Crippen molar-refractivity contribution in [3.05, 3.63) is 71.9 Å². The lowest BCUT2D eigenvalue weighted by Crippen LogP contribution is -2.31. The van der Waals surface area contributed by atoms with Crippen LogP contribution < -0.4 is 10.2 Å². The maximum Gasteiger partial charge on any atom is 0.259 e. The van der Waals surface area contributed by atoms with Gasteiger partial charge >= 0.3 is 0 Å². The maximum atomic E-state index is 13.1. The van der Waals surface area contributed by atoms with Crippen LogP contribution in [0, 0.1) is 0 Å². The molecule has 7 nitrogen and oxygen atoms in total. The Hall–Kier alpha value is -3.39. The number of benzene rings is 2. The minimum absolute atomic E-state index is 0.0387. The van der Waals surface area contributed by atoms with Gasteiger partial charge in [0.05, 0.1) is 10.7 Å². The van der Waals surface area contributed by atoms with Crippen LogP contribution in [0.15, 0.2) is 60.8 Å². The molecule has 1 atom stereocenters. The maximum absolute atomic E-state index is 13.1. The number of nitrogens with one attached hydrogen (secondary N) is 1. The van der Waals surface area contributed by atoms with Gasteiger partial charge in [0.25, 0.3) is 5.91 Å². The Balaban J connectivity index is 1.57. The van der Waals surface area contributed by atoms with E-state index in [1.807, 2.05) is 50.2 Å². The minimum atomic E-state index is -0.136. The molecule has 2 aromatic heterocycles. The fourth-order valence-corrected chi connectivity index (χ4v) is 3.61. The molecule has 0 aliphatic carbocycles. The molecule has 0 unspecified atom stereocenters. The number of aromatic nitrogens is 4. The van der Waals surface area contributed by atoms with Crippen molar-refractivity contribution in [1.82, 2.24) is 19.6 Å². The molecule has 1 amide bonds. The molecule has 146 valence electrons. The number of hydrogen-bond acceptors (Lipinski definition) is 7. The summed E-state index contributed by atoms with van der Waals surface area (Å²) in [5.74, 6) is 0.888. The van der Waals surface area contributed by atoms with Gasteiger partial charge < -0.3 is 5.32 Å². The van der Waals surface area contributed by atoms with Crippen LogP contribution in [0.4, 0.5) is 11.8 Å². The molecule has 4 aromatic rings. The van der Waals surface area contributed by atoms with Crippen molar-refractivity contribution >= 4 is 39.4 Å². The summed E-state index contributed by atoms with van der Waals surface area (Å²) in [7, 11) is 0. The molecule has 0 fully saturated rings. The SMILES string of the molecule is CCN(C(=O)c1ccc2snnc2c1)c1ccnc(N[C@@H](C)c2ccccc2)n1. The molecule has 2 heterocycles. The van der Waals surface area contributed by atoms with Crippen LogP contribution in [-0.2, 0) is 0 Å². The van der Waals surface area contributed by atoms with Crippen molar-refractivity contribution in [3.63, 3.8) is 0 Å².